The topological polar surface area (TPSA) is 41.5 Å². The number of benzene rings is 1. The fourth-order valence-corrected chi connectivity index (χ4v) is 2.81. The molecule has 1 unspecified atom stereocenters. The van der Waals surface area contributed by atoms with Crippen LogP contribution in [0.1, 0.15) is 23.4 Å². The Labute approximate surface area is 121 Å². The highest BCUT2D eigenvalue weighted by atomic mass is 35.5. The average Bonchev–Trinajstić information content (AvgIpc) is 2.93. The van der Waals surface area contributed by atoms with E-state index in [9.17, 15) is 5.11 Å². The van der Waals surface area contributed by atoms with Gasteiger partial charge in [-0.1, -0.05) is 17.7 Å². The fraction of sp³-hybridized carbons (Fsp3) is 0.286. The van der Waals surface area contributed by atoms with Gasteiger partial charge in [-0.05, 0) is 24.4 Å². The van der Waals surface area contributed by atoms with Crippen molar-refractivity contribution < 1.29 is 9.84 Å². The number of hydrogen-bond donors (Lipinski definition) is 2. The largest absolute Gasteiger partial charge is 0.504 e. The van der Waals surface area contributed by atoms with Gasteiger partial charge in [-0.3, -0.25) is 0 Å². The van der Waals surface area contributed by atoms with Crippen molar-refractivity contribution in [1.29, 1.82) is 0 Å². The summed E-state index contributed by atoms with van der Waals surface area (Å²) in [7, 11) is 1.51. The number of methoxy groups -OCH3 is 1. The highest BCUT2D eigenvalue weighted by Gasteiger charge is 2.12. The first-order chi connectivity index (χ1) is 9.11. The van der Waals surface area contributed by atoms with Gasteiger partial charge in [0.25, 0.3) is 0 Å². The van der Waals surface area contributed by atoms with Gasteiger partial charge >= 0.3 is 0 Å². The molecule has 0 aliphatic heterocycles. The summed E-state index contributed by atoms with van der Waals surface area (Å²) in [5.74, 6) is 0.533. The van der Waals surface area contributed by atoms with Gasteiger partial charge in [0.15, 0.2) is 11.5 Å². The number of ether oxygens (including phenoxy) is 1. The van der Waals surface area contributed by atoms with Crippen LogP contribution in [-0.4, -0.2) is 12.2 Å². The molecule has 0 amide bonds. The minimum atomic E-state index is 0.137. The lowest BCUT2D eigenvalue weighted by molar-refractivity contribution is 0.369. The third kappa shape index (κ3) is 3.41. The van der Waals surface area contributed by atoms with E-state index in [0.717, 1.165) is 5.56 Å². The minimum absolute atomic E-state index is 0.137. The number of thiophene rings is 1. The second-order valence-electron chi connectivity index (χ2n) is 4.23. The molecule has 2 rings (SSSR count). The molecule has 1 atom stereocenters. The van der Waals surface area contributed by atoms with Gasteiger partial charge in [-0.2, -0.15) is 0 Å². The fourth-order valence-electron chi connectivity index (χ4n) is 1.82. The number of halogens is 1. The third-order valence-electron chi connectivity index (χ3n) is 2.91. The molecule has 19 heavy (non-hydrogen) atoms. The van der Waals surface area contributed by atoms with Crippen molar-refractivity contribution in [2.24, 2.45) is 0 Å². The van der Waals surface area contributed by atoms with E-state index in [0.29, 0.717) is 17.3 Å². The number of nitrogens with one attached hydrogen (secondary N) is 1. The van der Waals surface area contributed by atoms with E-state index in [1.807, 2.05) is 11.4 Å². The molecule has 0 aliphatic carbocycles. The molecule has 0 fully saturated rings. The lowest BCUT2D eigenvalue weighted by Crippen LogP contribution is -2.17. The summed E-state index contributed by atoms with van der Waals surface area (Å²) in [6.07, 6.45) is 0. The van der Waals surface area contributed by atoms with Crippen molar-refractivity contribution >= 4 is 22.9 Å². The molecule has 102 valence electrons. The van der Waals surface area contributed by atoms with Crippen LogP contribution in [0.4, 0.5) is 0 Å². The molecule has 0 bridgehead atoms. The highest BCUT2D eigenvalue weighted by Crippen LogP contribution is 2.33. The van der Waals surface area contributed by atoms with Crippen LogP contribution in [0.15, 0.2) is 29.6 Å². The zero-order valence-electron chi connectivity index (χ0n) is 10.8. The molecular formula is C14H16ClNO2S. The van der Waals surface area contributed by atoms with Crippen molar-refractivity contribution in [3.63, 3.8) is 0 Å². The Bertz CT molecular complexity index is 543. The molecule has 0 aliphatic rings. The molecule has 1 aromatic heterocycles. The van der Waals surface area contributed by atoms with E-state index in [2.05, 4.69) is 18.3 Å². The van der Waals surface area contributed by atoms with Gasteiger partial charge in [-0.25, -0.2) is 0 Å². The Morgan fingerprint density at radius 2 is 2.26 bits per heavy atom. The van der Waals surface area contributed by atoms with Crippen LogP contribution in [0.3, 0.4) is 0 Å². The normalized spacial score (nSPS) is 12.4. The SMILES string of the molecule is COc1cc(Cl)cc(CNC(C)c2cccs2)c1O. The first kappa shape index (κ1) is 14.2. The summed E-state index contributed by atoms with van der Waals surface area (Å²) >= 11 is 7.70. The highest BCUT2D eigenvalue weighted by molar-refractivity contribution is 7.10. The Balaban J connectivity index is 2.09. The first-order valence-corrected chi connectivity index (χ1v) is 7.19. The van der Waals surface area contributed by atoms with Crippen LogP contribution in [-0.2, 0) is 6.54 Å². The van der Waals surface area contributed by atoms with Gasteiger partial charge in [0, 0.05) is 34.1 Å². The molecule has 0 radical (unpaired) electrons. The molecule has 3 nitrogen and oxygen atoms in total. The van der Waals surface area contributed by atoms with Gasteiger partial charge in [0.2, 0.25) is 0 Å². The summed E-state index contributed by atoms with van der Waals surface area (Å²) in [6, 6.07) is 7.68. The zero-order chi connectivity index (χ0) is 13.8. The standard InChI is InChI=1S/C14H16ClNO2S/c1-9(13-4-3-5-19-13)16-8-10-6-11(15)7-12(18-2)14(10)17/h3-7,9,16-17H,8H2,1-2H3. The van der Waals surface area contributed by atoms with Crippen LogP contribution >= 0.6 is 22.9 Å². The predicted octanol–water partition coefficient (Wildman–Crippen LogP) is 3.97. The van der Waals surface area contributed by atoms with E-state index in [-0.39, 0.29) is 11.8 Å². The Kier molecular flexibility index (Phi) is 4.69. The Hall–Kier alpha value is -1.23. The number of hydrogen-bond acceptors (Lipinski definition) is 4. The number of rotatable bonds is 5. The quantitative estimate of drug-likeness (QED) is 0.877. The summed E-state index contributed by atoms with van der Waals surface area (Å²) in [5.41, 5.74) is 0.729. The first-order valence-electron chi connectivity index (χ1n) is 5.94. The van der Waals surface area contributed by atoms with E-state index in [1.165, 1.54) is 12.0 Å². The monoisotopic (exact) mass is 297 g/mol. The van der Waals surface area contributed by atoms with Crippen LogP contribution in [0.5, 0.6) is 11.5 Å². The molecule has 5 heteroatoms. The van der Waals surface area contributed by atoms with Crippen LogP contribution in [0.2, 0.25) is 5.02 Å². The van der Waals surface area contributed by atoms with Crippen molar-refractivity contribution in [2.75, 3.05) is 7.11 Å². The molecule has 0 saturated heterocycles. The van der Waals surface area contributed by atoms with Crippen LogP contribution < -0.4 is 10.1 Å². The third-order valence-corrected chi connectivity index (χ3v) is 4.18. The van der Waals surface area contributed by atoms with Crippen molar-refractivity contribution in [1.82, 2.24) is 5.32 Å². The summed E-state index contributed by atoms with van der Waals surface area (Å²) < 4.78 is 5.09. The van der Waals surface area contributed by atoms with Gasteiger partial charge < -0.3 is 15.2 Å². The van der Waals surface area contributed by atoms with Crippen molar-refractivity contribution in [3.05, 3.63) is 45.1 Å². The lowest BCUT2D eigenvalue weighted by atomic mass is 10.1. The summed E-state index contributed by atoms with van der Waals surface area (Å²) in [6.45, 7) is 2.62. The maximum atomic E-state index is 10.0. The Morgan fingerprint density at radius 3 is 2.89 bits per heavy atom. The number of phenols is 1. The second kappa shape index (κ2) is 6.28. The molecule has 2 N–H and O–H groups in total. The van der Waals surface area contributed by atoms with Crippen molar-refractivity contribution in [2.45, 2.75) is 19.5 Å². The molecular weight excluding hydrogens is 282 g/mol. The lowest BCUT2D eigenvalue weighted by Gasteiger charge is -2.14. The maximum Gasteiger partial charge on any atom is 0.162 e. The Morgan fingerprint density at radius 1 is 1.47 bits per heavy atom. The molecule has 2 aromatic rings. The number of aromatic hydroxyl groups is 1. The molecule has 0 spiro atoms. The molecule has 1 heterocycles. The van der Waals surface area contributed by atoms with E-state index in [1.54, 1.807) is 23.5 Å². The molecule has 1 aromatic carbocycles. The average molecular weight is 298 g/mol. The van der Waals surface area contributed by atoms with E-state index >= 15 is 0 Å². The van der Waals surface area contributed by atoms with E-state index in [4.69, 9.17) is 16.3 Å². The van der Waals surface area contributed by atoms with E-state index < -0.39 is 0 Å². The summed E-state index contributed by atoms with van der Waals surface area (Å²) in [5, 5.41) is 16.0. The smallest absolute Gasteiger partial charge is 0.162 e. The van der Waals surface area contributed by atoms with Crippen molar-refractivity contribution in [3.8, 4) is 11.5 Å². The minimum Gasteiger partial charge on any atom is -0.504 e. The molecule has 0 saturated carbocycles. The van der Waals surface area contributed by atoms with Gasteiger partial charge in [0.05, 0.1) is 7.11 Å². The van der Waals surface area contributed by atoms with Gasteiger partial charge in [0.1, 0.15) is 0 Å². The predicted molar refractivity (Wildman–Crippen MR) is 79.2 cm³/mol. The van der Waals surface area contributed by atoms with Crippen LogP contribution in [0.25, 0.3) is 0 Å². The summed E-state index contributed by atoms with van der Waals surface area (Å²) in [4.78, 5) is 1.26. The van der Waals surface area contributed by atoms with Crippen LogP contribution in [0, 0.1) is 0 Å². The van der Waals surface area contributed by atoms with Gasteiger partial charge in [-0.15, -0.1) is 11.3 Å². The maximum absolute atomic E-state index is 10.0. The second-order valence-corrected chi connectivity index (χ2v) is 5.65. The zero-order valence-corrected chi connectivity index (χ0v) is 12.4. The number of phenolic OH excluding ortho intramolecular Hbond substituents is 1.